The van der Waals surface area contributed by atoms with E-state index in [1.807, 2.05) is 13.8 Å². The molecule has 0 radical (unpaired) electrons. The van der Waals surface area contributed by atoms with Crippen molar-refractivity contribution in [3.63, 3.8) is 0 Å². The van der Waals surface area contributed by atoms with E-state index in [0.717, 1.165) is 31.5 Å². The maximum atomic E-state index is 12.3. The fraction of sp³-hybridized carbons (Fsp3) is 0.750. The Balaban J connectivity index is 1.56. The van der Waals surface area contributed by atoms with Crippen molar-refractivity contribution in [1.82, 2.24) is 10.1 Å². The molecule has 7 nitrogen and oxygen atoms in total. The molecule has 2 fully saturated rings. The summed E-state index contributed by atoms with van der Waals surface area (Å²) in [6.45, 7) is 6.53. The van der Waals surface area contributed by atoms with Crippen molar-refractivity contribution >= 4 is 11.8 Å². The number of hydrogen-bond donors (Lipinski definition) is 1. The summed E-state index contributed by atoms with van der Waals surface area (Å²) in [5.74, 6) is 0.578. The molecule has 3 heterocycles. The Bertz CT molecular complexity index is 525. The molecule has 1 aromatic rings. The fourth-order valence-corrected chi connectivity index (χ4v) is 3.10. The van der Waals surface area contributed by atoms with Crippen molar-refractivity contribution in [2.24, 2.45) is 0 Å². The van der Waals surface area contributed by atoms with Crippen molar-refractivity contribution in [3.8, 4) is 0 Å². The number of nitrogens with one attached hydrogen (secondary N) is 1. The molecule has 1 atom stereocenters. The lowest BCUT2D eigenvalue weighted by Gasteiger charge is -2.37. The van der Waals surface area contributed by atoms with Crippen LogP contribution in [0.4, 0.5) is 5.88 Å². The summed E-state index contributed by atoms with van der Waals surface area (Å²) in [4.78, 5) is 14.4. The number of anilines is 1. The molecule has 0 saturated carbocycles. The molecule has 128 valence electrons. The van der Waals surface area contributed by atoms with Gasteiger partial charge in [0.15, 0.2) is 6.29 Å². The maximum Gasteiger partial charge on any atom is 0.240 e. The highest BCUT2D eigenvalue weighted by atomic mass is 16.7. The molecule has 1 aromatic heterocycles. The number of aromatic nitrogens is 1. The van der Waals surface area contributed by atoms with E-state index in [2.05, 4.69) is 15.4 Å². The van der Waals surface area contributed by atoms with Crippen LogP contribution in [-0.2, 0) is 14.3 Å². The van der Waals surface area contributed by atoms with Crippen LogP contribution in [0.3, 0.4) is 0 Å². The van der Waals surface area contributed by atoms with Crippen LogP contribution in [0.15, 0.2) is 10.6 Å². The third kappa shape index (κ3) is 4.10. The summed E-state index contributed by atoms with van der Waals surface area (Å²) < 4.78 is 16.4. The molecule has 1 N–H and O–H groups in total. The van der Waals surface area contributed by atoms with E-state index in [-0.39, 0.29) is 24.2 Å². The van der Waals surface area contributed by atoms with Gasteiger partial charge in [-0.05, 0) is 25.3 Å². The lowest BCUT2D eigenvalue weighted by atomic mass is 10.0. The summed E-state index contributed by atoms with van der Waals surface area (Å²) in [6.07, 6.45) is 3.03. The van der Waals surface area contributed by atoms with Crippen molar-refractivity contribution < 1.29 is 18.8 Å². The molecule has 0 aromatic carbocycles. The molecule has 0 spiro atoms. The minimum absolute atomic E-state index is 0.0960. The molecular weight excluding hydrogens is 298 g/mol. The quantitative estimate of drug-likeness (QED) is 0.892. The lowest BCUT2D eigenvalue weighted by Crippen LogP contribution is -2.50. The Labute approximate surface area is 136 Å². The van der Waals surface area contributed by atoms with Crippen LogP contribution >= 0.6 is 0 Å². The second-order valence-electron chi connectivity index (χ2n) is 6.46. The van der Waals surface area contributed by atoms with E-state index in [9.17, 15) is 4.79 Å². The summed E-state index contributed by atoms with van der Waals surface area (Å²) >= 11 is 0. The van der Waals surface area contributed by atoms with Gasteiger partial charge in [0.05, 0.1) is 31.5 Å². The number of carbonyl (C=O) groups is 1. The van der Waals surface area contributed by atoms with Crippen molar-refractivity contribution in [2.45, 2.75) is 51.4 Å². The predicted octanol–water partition coefficient (Wildman–Crippen LogP) is 1.96. The minimum Gasteiger partial charge on any atom is -0.349 e. The van der Waals surface area contributed by atoms with E-state index in [1.54, 1.807) is 6.07 Å². The van der Waals surface area contributed by atoms with Crippen molar-refractivity contribution in [2.75, 3.05) is 31.6 Å². The zero-order chi connectivity index (χ0) is 16.2. The molecule has 0 bridgehead atoms. The Morgan fingerprint density at radius 2 is 2.17 bits per heavy atom. The van der Waals surface area contributed by atoms with Crippen LogP contribution < -0.4 is 5.32 Å². The van der Waals surface area contributed by atoms with Gasteiger partial charge < -0.3 is 14.0 Å². The number of nitrogens with zero attached hydrogens (tertiary/aromatic N) is 2. The molecular formula is C16H25N3O4. The van der Waals surface area contributed by atoms with E-state index in [1.165, 1.54) is 0 Å². The van der Waals surface area contributed by atoms with Crippen LogP contribution in [0.2, 0.25) is 0 Å². The van der Waals surface area contributed by atoms with Gasteiger partial charge in [0.25, 0.3) is 0 Å². The Hall–Kier alpha value is -1.44. The predicted molar refractivity (Wildman–Crippen MR) is 84.1 cm³/mol. The van der Waals surface area contributed by atoms with E-state index < -0.39 is 0 Å². The van der Waals surface area contributed by atoms with Crippen molar-refractivity contribution in [3.05, 3.63) is 11.8 Å². The van der Waals surface area contributed by atoms with Crippen LogP contribution in [0.25, 0.3) is 0 Å². The molecule has 2 saturated heterocycles. The average Bonchev–Trinajstić information content (AvgIpc) is 3.19. The van der Waals surface area contributed by atoms with Crippen LogP contribution in [0.1, 0.15) is 44.7 Å². The SMILES string of the molecule is CC(C)c1cc(NC(=O)CN2CCCCC2C2OCCO2)on1. The number of amides is 1. The van der Waals surface area contributed by atoms with Crippen LogP contribution in [0.5, 0.6) is 0 Å². The number of ether oxygens (including phenoxy) is 2. The van der Waals surface area contributed by atoms with E-state index >= 15 is 0 Å². The average molecular weight is 323 g/mol. The Kier molecular flexibility index (Phi) is 5.30. The monoisotopic (exact) mass is 323 g/mol. The normalized spacial score (nSPS) is 23.5. The van der Waals surface area contributed by atoms with Gasteiger partial charge in [0, 0.05) is 6.07 Å². The fourth-order valence-electron chi connectivity index (χ4n) is 3.10. The largest absolute Gasteiger partial charge is 0.349 e. The zero-order valence-electron chi connectivity index (χ0n) is 13.8. The topological polar surface area (TPSA) is 76.8 Å². The Morgan fingerprint density at radius 1 is 1.39 bits per heavy atom. The number of carbonyl (C=O) groups excluding carboxylic acids is 1. The van der Waals surface area contributed by atoms with Gasteiger partial charge in [0.2, 0.25) is 11.8 Å². The van der Waals surface area contributed by atoms with E-state index in [4.69, 9.17) is 14.0 Å². The number of piperidine rings is 1. The molecule has 7 heteroatoms. The summed E-state index contributed by atoms with van der Waals surface area (Å²) in [7, 11) is 0. The molecule has 1 amide bonds. The Morgan fingerprint density at radius 3 is 2.87 bits per heavy atom. The highest BCUT2D eigenvalue weighted by Gasteiger charge is 2.34. The van der Waals surface area contributed by atoms with Gasteiger partial charge in [-0.15, -0.1) is 0 Å². The smallest absolute Gasteiger partial charge is 0.240 e. The van der Waals surface area contributed by atoms with Crippen LogP contribution in [0, 0.1) is 0 Å². The first kappa shape index (κ1) is 16.4. The standard InChI is InChI=1S/C16H25N3O4/c1-11(2)12-9-15(23-18-12)17-14(20)10-19-6-4-3-5-13(19)16-21-7-8-22-16/h9,11,13,16H,3-8,10H2,1-2H3,(H,17,20). The molecule has 3 rings (SSSR count). The lowest BCUT2D eigenvalue weighted by molar-refractivity contribution is -0.127. The second-order valence-corrected chi connectivity index (χ2v) is 6.46. The summed E-state index contributed by atoms with van der Waals surface area (Å²) in [5.41, 5.74) is 0.837. The van der Waals surface area contributed by atoms with Gasteiger partial charge >= 0.3 is 0 Å². The van der Waals surface area contributed by atoms with Crippen molar-refractivity contribution in [1.29, 1.82) is 0 Å². The molecule has 2 aliphatic heterocycles. The van der Waals surface area contributed by atoms with Gasteiger partial charge in [-0.2, -0.15) is 0 Å². The highest BCUT2D eigenvalue weighted by Crippen LogP contribution is 2.24. The van der Waals surface area contributed by atoms with Gasteiger partial charge in [-0.25, -0.2) is 0 Å². The van der Waals surface area contributed by atoms with Gasteiger partial charge in [0.1, 0.15) is 0 Å². The highest BCUT2D eigenvalue weighted by molar-refractivity contribution is 5.91. The first-order chi connectivity index (χ1) is 11.1. The number of likely N-dealkylation sites (tertiary alicyclic amines) is 1. The molecule has 23 heavy (non-hydrogen) atoms. The first-order valence-electron chi connectivity index (χ1n) is 8.37. The summed E-state index contributed by atoms with van der Waals surface area (Å²) in [5, 5.41) is 6.73. The van der Waals surface area contributed by atoms with Gasteiger partial charge in [-0.3, -0.25) is 15.0 Å². The maximum absolute atomic E-state index is 12.3. The van der Waals surface area contributed by atoms with Gasteiger partial charge in [-0.1, -0.05) is 25.4 Å². The second kappa shape index (κ2) is 7.42. The van der Waals surface area contributed by atoms with Crippen LogP contribution in [-0.4, -0.2) is 54.6 Å². The molecule has 0 aliphatic carbocycles. The summed E-state index contributed by atoms with van der Waals surface area (Å²) in [6, 6.07) is 1.93. The molecule has 2 aliphatic rings. The number of rotatable bonds is 5. The zero-order valence-corrected chi connectivity index (χ0v) is 13.8. The third-order valence-corrected chi connectivity index (χ3v) is 4.36. The molecule has 1 unspecified atom stereocenters. The minimum atomic E-state index is -0.207. The first-order valence-corrected chi connectivity index (χ1v) is 8.37. The van der Waals surface area contributed by atoms with E-state index in [0.29, 0.717) is 25.6 Å². The third-order valence-electron chi connectivity index (χ3n) is 4.36. The number of hydrogen-bond acceptors (Lipinski definition) is 6.